The molecule has 0 amide bonds. The van der Waals surface area contributed by atoms with Gasteiger partial charge in [-0.15, -0.1) is 0 Å². The summed E-state index contributed by atoms with van der Waals surface area (Å²) in [5, 5.41) is 0. The van der Waals surface area contributed by atoms with Crippen LogP contribution < -0.4 is 0 Å². The van der Waals surface area contributed by atoms with E-state index in [9.17, 15) is 8.78 Å². The predicted molar refractivity (Wildman–Crippen MR) is 45.5 cm³/mol. The van der Waals surface area contributed by atoms with E-state index in [0.717, 1.165) is 6.42 Å². The number of hydrogen-bond acceptors (Lipinski definition) is 1. The van der Waals surface area contributed by atoms with Crippen LogP contribution in [0.5, 0.6) is 0 Å². The van der Waals surface area contributed by atoms with Crippen molar-refractivity contribution >= 4 is 0 Å². The Morgan fingerprint density at radius 2 is 1.92 bits per heavy atom. The molecule has 0 heterocycles. The molecule has 1 nitrogen and oxygen atoms in total. The van der Waals surface area contributed by atoms with Crippen LogP contribution in [0, 0.1) is 0 Å². The van der Waals surface area contributed by atoms with Crippen LogP contribution in [0.1, 0.15) is 26.7 Å². The molecule has 0 aromatic carbocycles. The minimum Gasteiger partial charge on any atom is -0.371 e. The van der Waals surface area contributed by atoms with Gasteiger partial charge in [-0.2, -0.15) is 0 Å². The first kappa shape index (κ1) is 11.6. The maximum atomic E-state index is 12.5. The Morgan fingerprint density at radius 1 is 1.25 bits per heavy atom. The Kier molecular flexibility index (Phi) is 5.89. The number of hydrogen-bond donors (Lipinski definition) is 0. The molecule has 0 saturated heterocycles. The van der Waals surface area contributed by atoms with Crippen molar-refractivity contribution in [1.29, 1.82) is 0 Å². The van der Waals surface area contributed by atoms with E-state index in [1.165, 1.54) is 6.92 Å². The summed E-state index contributed by atoms with van der Waals surface area (Å²) in [6.45, 7) is 3.24. The molecule has 0 rings (SSSR count). The standard InChI is InChI=1S/C9H16F2O/c1-3-5-6-7-12-8-9(10,11)4-2/h5-6H,3-4,7-8H2,1-2H3/b6-5+. The van der Waals surface area contributed by atoms with Crippen molar-refractivity contribution in [3.63, 3.8) is 0 Å². The zero-order valence-electron chi connectivity index (χ0n) is 7.65. The molecule has 0 fully saturated rings. The molecule has 3 heteroatoms. The van der Waals surface area contributed by atoms with E-state index in [0.29, 0.717) is 0 Å². The van der Waals surface area contributed by atoms with Crippen molar-refractivity contribution in [3.8, 4) is 0 Å². The summed E-state index contributed by atoms with van der Waals surface area (Å²) >= 11 is 0. The second-order valence-corrected chi connectivity index (χ2v) is 2.60. The van der Waals surface area contributed by atoms with Gasteiger partial charge in [-0.3, -0.25) is 0 Å². The van der Waals surface area contributed by atoms with Gasteiger partial charge in [0.2, 0.25) is 0 Å². The number of ether oxygens (including phenoxy) is 1. The van der Waals surface area contributed by atoms with Crippen LogP contribution in [0.25, 0.3) is 0 Å². The second kappa shape index (κ2) is 6.12. The van der Waals surface area contributed by atoms with Gasteiger partial charge in [0.05, 0.1) is 6.61 Å². The maximum Gasteiger partial charge on any atom is 0.270 e. The van der Waals surface area contributed by atoms with Crippen molar-refractivity contribution < 1.29 is 13.5 Å². The Labute approximate surface area is 72.4 Å². The van der Waals surface area contributed by atoms with E-state index in [1.807, 2.05) is 13.0 Å². The molecular formula is C9H16F2O. The van der Waals surface area contributed by atoms with Crippen molar-refractivity contribution in [2.75, 3.05) is 13.2 Å². The quantitative estimate of drug-likeness (QED) is 0.448. The molecule has 0 aromatic rings. The predicted octanol–water partition coefficient (Wildman–Crippen LogP) is 3.01. The molecule has 0 aliphatic rings. The van der Waals surface area contributed by atoms with Gasteiger partial charge >= 0.3 is 0 Å². The lowest BCUT2D eigenvalue weighted by Gasteiger charge is -2.12. The summed E-state index contributed by atoms with van der Waals surface area (Å²) in [5.41, 5.74) is 0. The first-order chi connectivity index (χ1) is 5.62. The third-order valence-corrected chi connectivity index (χ3v) is 1.45. The molecule has 0 unspecified atom stereocenters. The van der Waals surface area contributed by atoms with Gasteiger partial charge in [0.25, 0.3) is 5.92 Å². The molecule has 0 N–H and O–H groups in total. The second-order valence-electron chi connectivity index (χ2n) is 2.60. The lowest BCUT2D eigenvalue weighted by atomic mass is 10.3. The molecule has 0 saturated carbocycles. The highest BCUT2D eigenvalue weighted by atomic mass is 19.3. The Balaban J connectivity index is 3.36. The third-order valence-electron chi connectivity index (χ3n) is 1.45. The van der Waals surface area contributed by atoms with Gasteiger partial charge in [0, 0.05) is 6.42 Å². The SMILES string of the molecule is CC/C=C/COCC(F)(F)CC. The number of allylic oxidation sites excluding steroid dienone is 1. The summed E-state index contributed by atoms with van der Waals surface area (Å²) in [6, 6.07) is 0. The molecule has 0 aliphatic carbocycles. The summed E-state index contributed by atoms with van der Waals surface area (Å²) in [4.78, 5) is 0. The summed E-state index contributed by atoms with van der Waals surface area (Å²) < 4.78 is 29.8. The van der Waals surface area contributed by atoms with Crippen molar-refractivity contribution in [3.05, 3.63) is 12.2 Å². The lowest BCUT2D eigenvalue weighted by molar-refractivity contribution is -0.0734. The average molecular weight is 178 g/mol. The molecule has 0 radical (unpaired) electrons. The van der Waals surface area contributed by atoms with Gasteiger partial charge in [0.1, 0.15) is 6.61 Å². The van der Waals surface area contributed by atoms with E-state index in [2.05, 4.69) is 0 Å². The molecule has 0 spiro atoms. The number of halogens is 2. The lowest BCUT2D eigenvalue weighted by Crippen LogP contribution is -2.22. The first-order valence-electron chi connectivity index (χ1n) is 4.23. The average Bonchev–Trinajstić information content (AvgIpc) is 2.04. The van der Waals surface area contributed by atoms with Gasteiger partial charge in [-0.1, -0.05) is 26.0 Å². The van der Waals surface area contributed by atoms with E-state index in [4.69, 9.17) is 4.74 Å². The molecule has 0 atom stereocenters. The van der Waals surface area contributed by atoms with E-state index < -0.39 is 12.5 Å². The van der Waals surface area contributed by atoms with E-state index in [-0.39, 0.29) is 13.0 Å². The highest BCUT2D eigenvalue weighted by Crippen LogP contribution is 2.17. The van der Waals surface area contributed by atoms with Gasteiger partial charge < -0.3 is 4.74 Å². The maximum absolute atomic E-state index is 12.5. The zero-order valence-corrected chi connectivity index (χ0v) is 7.65. The van der Waals surface area contributed by atoms with Crippen LogP contribution in [-0.2, 0) is 4.74 Å². The van der Waals surface area contributed by atoms with Crippen LogP contribution in [0.15, 0.2) is 12.2 Å². The Morgan fingerprint density at radius 3 is 2.42 bits per heavy atom. The normalized spacial score (nSPS) is 12.7. The smallest absolute Gasteiger partial charge is 0.270 e. The third kappa shape index (κ3) is 6.28. The largest absolute Gasteiger partial charge is 0.371 e. The molecular weight excluding hydrogens is 162 g/mol. The molecule has 0 aliphatic heterocycles. The highest BCUT2D eigenvalue weighted by molar-refractivity contribution is 4.79. The molecule has 72 valence electrons. The van der Waals surface area contributed by atoms with Gasteiger partial charge in [-0.25, -0.2) is 8.78 Å². The van der Waals surface area contributed by atoms with Crippen molar-refractivity contribution in [2.45, 2.75) is 32.6 Å². The van der Waals surface area contributed by atoms with Crippen LogP contribution in [-0.4, -0.2) is 19.1 Å². The monoisotopic (exact) mass is 178 g/mol. The molecule has 12 heavy (non-hydrogen) atoms. The fourth-order valence-electron chi connectivity index (χ4n) is 0.613. The topological polar surface area (TPSA) is 9.23 Å². The first-order valence-corrected chi connectivity index (χ1v) is 4.23. The fourth-order valence-corrected chi connectivity index (χ4v) is 0.613. The molecule has 0 aromatic heterocycles. The zero-order chi connectivity index (χ0) is 9.45. The minimum atomic E-state index is -2.67. The number of alkyl halides is 2. The summed E-state index contributed by atoms with van der Waals surface area (Å²) in [6.07, 6.45) is 4.40. The molecule has 0 bridgehead atoms. The van der Waals surface area contributed by atoms with Crippen molar-refractivity contribution in [1.82, 2.24) is 0 Å². The van der Waals surface area contributed by atoms with E-state index in [1.54, 1.807) is 6.08 Å². The Hall–Kier alpha value is -0.440. The minimum absolute atomic E-state index is 0.162. The van der Waals surface area contributed by atoms with Gasteiger partial charge in [-0.05, 0) is 6.42 Å². The van der Waals surface area contributed by atoms with Crippen LogP contribution in [0.2, 0.25) is 0 Å². The van der Waals surface area contributed by atoms with Crippen LogP contribution in [0.4, 0.5) is 8.78 Å². The summed E-state index contributed by atoms with van der Waals surface area (Å²) in [7, 11) is 0. The van der Waals surface area contributed by atoms with Gasteiger partial charge in [0.15, 0.2) is 0 Å². The van der Waals surface area contributed by atoms with Crippen LogP contribution in [0.3, 0.4) is 0 Å². The van der Waals surface area contributed by atoms with E-state index >= 15 is 0 Å². The highest BCUT2D eigenvalue weighted by Gasteiger charge is 2.25. The number of rotatable bonds is 6. The summed E-state index contributed by atoms with van der Waals surface area (Å²) in [5.74, 6) is -2.67. The van der Waals surface area contributed by atoms with Crippen molar-refractivity contribution in [2.24, 2.45) is 0 Å². The fraction of sp³-hybridized carbons (Fsp3) is 0.778. The van der Waals surface area contributed by atoms with Crippen LogP contribution >= 0.6 is 0 Å². The Bertz CT molecular complexity index is 132.